The van der Waals surface area contributed by atoms with E-state index < -0.39 is 0 Å². The molecule has 0 bridgehead atoms. The molecule has 0 fully saturated rings. The number of aromatic hydroxyl groups is 1. The zero-order valence-corrected chi connectivity index (χ0v) is 16.3. The second-order valence-corrected chi connectivity index (χ2v) is 6.91. The van der Waals surface area contributed by atoms with Crippen molar-refractivity contribution in [2.75, 3.05) is 6.61 Å². The molecule has 0 aliphatic heterocycles. The molecule has 5 heteroatoms. The molecular weight excluding hydrogens is 338 g/mol. The predicted molar refractivity (Wildman–Crippen MR) is 109 cm³/mol. The third-order valence-electron chi connectivity index (χ3n) is 4.74. The van der Waals surface area contributed by atoms with Crippen molar-refractivity contribution >= 4 is 11.0 Å². The number of ether oxygens (including phenoxy) is 1. The van der Waals surface area contributed by atoms with Crippen molar-refractivity contribution in [2.24, 2.45) is 0 Å². The Morgan fingerprint density at radius 3 is 2.48 bits per heavy atom. The smallest absolute Gasteiger partial charge is 0.143 e. The van der Waals surface area contributed by atoms with E-state index in [2.05, 4.69) is 17.1 Å². The molecule has 2 aromatic carbocycles. The molecule has 0 spiro atoms. The fourth-order valence-electron chi connectivity index (χ4n) is 3.25. The lowest BCUT2D eigenvalue weighted by atomic mass is 10.0. The van der Waals surface area contributed by atoms with Gasteiger partial charge in [-0.05, 0) is 49.6 Å². The predicted octanol–water partition coefficient (Wildman–Crippen LogP) is 5.43. The van der Waals surface area contributed by atoms with Crippen LogP contribution in [0, 0.1) is 0 Å². The van der Waals surface area contributed by atoms with Gasteiger partial charge in [-0.15, -0.1) is 15.0 Å². The van der Waals surface area contributed by atoms with Crippen molar-refractivity contribution in [1.82, 2.24) is 15.0 Å². The van der Waals surface area contributed by atoms with Crippen LogP contribution in [0.1, 0.15) is 57.9 Å². The van der Waals surface area contributed by atoms with Crippen LogP contribution in [0.25, 0.3) is 16.7 Å². The van der Waals surface area contributed by atoms with Crippen LogP contribution in [0.15, 0.2) is 36.4 Å². The molecule has 1 N–H and O–H groups in total. The first-order valence-electron chi connectivity index (χ1n) is 10.0. The summed E-state index contributed by atoms with van der Waals surface area (Å²) in [5.41, 5.74) is 3.35. The Labute approximate surface area is 161 Å². The molecule has 27 heavy (non-hydrogen) atoms. The number of aryl methyl sites for hydroxylation is 1. The van der Waals surface area contributed by atoms with Gasteiger partial charge in [0.2, 0.25) is 0 Å². The van der Waals surface area contributed by atoms with Gasteiger partial charge in [0.05, 0.1) is 6.61 Å². The first-order chi connectivity index (χ1) is 13.2. The topological polar surface area (TPSA) is 60.2 Å². The highest BCUT2D eigenvalue weighted by Crippen LogP contribution is 2.25. The summed E-state index contributed by atoms with van der Waals surface area (Å²) in [7, 11) is 0. The van der Waals surface area contributed by atoms with Crippen molar-refractivity contribution in [2.45, 2.75) is 58.8 Å². The molecule has 3 aromatic rings. The third kappa shape index (κ3) is 5.00. The zero-order valence-electron chi connectivity index (χ0n) is 16.3. The molecule has 1 aromatic heterocycles. The molecule has 0 radical (unpaired) electrons. The van der Waals surface area contributed by atoms with E-state index in [-0.39, 0.29) is 5.75 Å². The number of phenols is 1. The van der Waals surface area contributed by atoms with Crippen LogP contribution >= 0.6 is 0 Å². The standard InChI is InChI=1S/C22H29N3O2/c1-3-5-6-7-8-9-10-17-11-14-22(26)21(15-17)25-23-19-13-12-18(27-4-2)16-20(19)24-25/h11-16,26H,3-10H2,1-2H3. The van der Waals surface area contributed by atoms with Crippen LogP contribution in [-0.4, -0.2) is 26.7 Å². The van der Waals surface area contributed by atoms with Crippen molar-refractivity contribution in [3.63, 3.8) is 0 Å². The Bertz CT molecular complexity index is 873. The quantitative estimate of drug-likeness (QED) is 0.486. The fraction of sp³-hybridized carbons (Fsp3) is 0.455. The zero-order chi connectivity index (χ0) is 19.1. The number of phenolic OH excluding ortho intramolecular Hbond substituents is 1. The summed E-state index contributed by atoms with van der Waals surface area (Å²) in [6.45, 7) is 4.80. The minimum absolute atomic E-state index is 0.187. The minimum Gasteiger partial charge on any atom is -0.506 e. The van der Waals surface area contributed by atoms with Crippen LogP contribution < -0.4 is 4.74 Å². The van der Waals surface area contributed by atoms with Gasteiger partial charge in [0.25, 0.3) is 0 Å². The molecule has 0 saturated carbocycles. The summed E-state index contributed by atoms with van der Waals surface area (Å²) in [5.74, 6) is 0.963. The molecular formula is C22H29N3O2. The highest BCUT2D eigenvalue weighted by Gasteiger charge is 2.11. The molecule has 1 heterocycles. The SMILES string of the molecule is CCCCCCCCc1ccc(O)c(-n2nc3ccc(OCC)cc3n2)c1. The van der Waals surface area contributed by atoms with Crippen LogP contribution in [0.5, 0.6) is 11.5 Å². The Kier molecular flexibility index (Phi) is 6.69. The van der Waals surface area contributed by atoms with E-state index in [1.54, 1.807) is 6.07 Å². The maximum Gasteiger partial charge on any atom is 0.143 e. The molecule has 5 nitrogen and oxygen atoms in total. The van der Waals surface area contributed by atoms with Crippen LogP contribution in [0.3, 0.4) is 0 Å². The number of nitrogens with zero attached hydrogens (tertiary/aromatic N) is 3. The highest BCUT2D eigenvalue weighted by atomic mass is 16.5. The van der Waals surface area contributed by atoms with Gasteiger partial charge in [0.1, 0.15) is 28.2 Å². The molecule has 0 aliphatic rings. The molecule has 0 amide bonds. The number of benzene rings is 2. The maximum atomic E-state index is 10.3. The normalized spacial score (nSPS) is 11.2. The molecule has 0 saturated heterocycles. The molecule has 0 atom stereocenters. The van der Waals surface area contributed by atoms with Gasteiger partial charge in [0, 0.05) is 6.07 Å². The molecule has 0 aliphatic carbocycles. The summed E-state index contributed by atoms with van der Waals surface area (Å²) in [6, 6.07) is 11.4. The van der Waals surface area contributed by atoms with Gasteiger partial charge in [-0.1, -0.05) is 45.1 Å². The number of hydrogen-bond acceptors (Lipinski definition) is 4. The Morgan fingerprint density at radius 1 is 0.889 bits per heavy atom. The van der Waals surface area contributed by atoms with Crippen LogP contribution in [-0.2, 0) is 6.42 Å². The Balaban J connectivity index is 1.73. The van der Waals surface area contributed by atoms with Gasteiger partial charge in [-0.25, -0.2) is 0 Å². The largest absolute Gasteiger partial charge is 0.506 e. The van der Waals surface area contributed by atoms with E-state index in [4.69, 9.17) is 4.74 Å². The summed E-state index contributed by atoms with van der Waals surface area (Å²) >= 11 is 0. The van der Waals surface area contributed by atoms with Gasteiger partial charge in [-0.2, -0.15) is 0 Å². The average Bonchev–Trinajstić information content (AvgIpc) is 3.09. The van der Waals surface area contributed by atoms with Crippen molar-refractivity contribution in [3.05, 3.63) is 42.0 Å². The Hall–Kier alpha value is -2.56. The van der Waals surface area contributed by atoms with E-state index in [1.807, 2.05) is 37.3 Å². The summed E-state index contributed by atoms with van der Waals surface area (Å²) in [5, 5.41) is 19.3. The average molecular weight is 367 g/mol. The number of rotatable bonds is 10. The van der Waals surface area contributed by atoms with Gasteiger partial charge in [0.15, 0.2) is 0 Å². The van der Waals surface area contributed by atoms with Crippen molar-refractivity contribution in [1.29, 1.82) is 0 Å². The van der Waals surface area contributed by atoms with E-state index in [1.165, 1.54) is 48.9 Å². The van der Waals surface area contributed by atoms with Gasteiger partial charge in [-0.3, -0.25) is 0 Å². The Morgan fingerprint density at radius 2 is 1.67 bits per heavy atom. The lowest BCUT2D eigenvalue weighted by Gasteiger charge is -2.07. The molecule has 144 valence electrons. The summed E-state index contributed by atoms with van der Waals surface area (Å²) in [6.07, 6.45) is 8.65. The lowest BCUT2D eigenvalue weighted by Crippen LogP contribution is -2.00. The number of hydrogen-bond donors (Lipinski definition) is 1. The highest BCUT2D eigenvalue weighted by molar-refractivity contribution is 5.75. The van der Waals surface area contributed by atoms with Crippen molar-refractivity contribution < 1.29 is 9.84 Å². The fourth-order valence-corrected chi connectivity index (χ4v) is 3.25. The molecule has 0 unspecified atom stereocenters. The number of fused-ring (bicyclic) bond motifs is 1. The van der Waals surface area contributed by atoms with Crippen LogP contribution in [0.2, 0.25) is 0 Å². The monoisotopic (exact) mass is 367 g/mol. The van der Waals surface area contributed by atoms with E-state index in [9.17, 15) is 5.11 Å². The van der Waals surface area contributed by atoms with Crippen LogP contribution in [0.4, 0.5) is 0 Å². The second kappa shape index (κ2) is 9.40. The minimum atomic E-state index is 0.187. The van der Waals surface area contributed by atoms with E-state index in [0.717, 1.165) is 23.2 Å². The third-order valence-corrected chi connectivity index (χ3v) is 4.74. The number of unbranched alkanes of at least 4 members (excludes halogenated alkanes) is 5. The first kappa shape index (κ1) is 19.2. The maximum absolute atomic E-state index is 10.3. The summed E-state index contributed by atoms with van der Waals surface area (Å²) < 4.78 is 5.52. The molecule has 3 rings (SSSR count). The number of aromatic nitrogens is 3. The van der Waals surface area contributed by atoms with Gasteiger partial charge < -0.3 is 9.84 Å². The van der Waals surface area contributed by atoms with Crippen molar-refractivity contribution in [3.8, 4) is 17.2 Å². The van der Waals surface area contributed by atoms with E-state index >= 15 is 0 Å². The summed E-state index contributed by atoms with van der Waals surface area (Å²) in [4.78, 5) is 1.51. The van der Waals surface area contributed by atoms with E-state index in [0.29, 0.717) is 12.3 Å². The lowest BCUT2D eigenvalue weighted by molar-refractivity contribution is 0.340. The first-order valence-corrected chi connectivity index (χ1v) is 10.0. The second-order valence-electron chi connectivity index (χ2n) is 6.91. The van der Waals surface area contributed by atoms with Gasteiger partial charge >= 0.3 is 0 Å².